The molecule has 2 aliphatic carbocycles. The standard InChI is InChI=1S/C23H28N2O4/c1-14-10-15-6-5-7-16(11-15)20(14)29-22(28)25-23(2,21(26)27)12-17-13-24-19-9-4-3-8-18(17)19/h3-4,8-10,13-14,16,20,24H,5-7,11-12H2,1-2H3,(H,25,28)(H,26,27). The molecular weight excluding hydrogens is 368 g/mol. The monoisotopic (exact) mass is 396 g/mol. The maximum Gasteiger partial charge on any atom is 0.408 e. The Morgan fingerprint density at radius 3 is 2.93 bits per heavy atom. The molecule has 3 N–H and O–H groups in total. The molecule has 2 aromatic rings. The highest BCUT2D eigenvalue weighted by atomic mass is 16.6. The van der Waals surface area contributed by atoms with Crippen LogP contribution in [0.3, 0.4) is 0 Å². The third-order valence-corrected chi connectivity index (χ3v) is 6.39. The SMILES string of the molecule is CC1C=C2CCCC(C2)C1OC(=O)NC(C)(Cc1c[nH]c2ccccc12)C(=O)O. The molecule has 6 heteroatoms. The average Bonchev–Trinajstić information content (AvgIpc) is 3.08. The van der Waals surface area contributed by atoms with Crippen molar-refractivity contribution in [1.82, 2.24) is 10.3 Å². The molecule has 2 bridgehead atoms. The van der Waals surface area contributed by atoms with Crippen LogP contribution >= 0.6 is 0 Å². The zero-order valence-electron chi connectivity index (χ0n) is 16.9. The Hall–Kier alpha value is -2.76. The van der Waals surface area contributed by atoms with Gasteiger partial charge in [-0.15, -0.1) is 0 Å². The van der Waals surface area contributed by atoms with Gasteiger partial charge in [-0.1, -0.05) is 36.8 Å². The highest BCUT2D eigenvalue weighted by Gasteiger charge is 2.40. The molecule has 29 heavy (non-hydrogen) atoms. The third kappa shape index (κ3) is 3.88. The quantitative estimate of drug-likeness (QED) is 0.653. The number of allylic oxidation sites excluding steroid dienone is 1. The molecule has 1 heterocycles. The van der Waals surface area contributed by atoms with E-state index in [4.69, 9.17) is 4.74 Å². The summed E-state index contributed by atoms with van der Waals surface area (Å²) in [6.07, 6.45) is 7.61. The minimum absolute atomic E-state index is 0.152. The largest absolute Gasteiger partial charge is 0.480 e. The van der Waals surface area contributed by atoms with E-state index in [1.54, 1.807) is 6.20 Å². The van der Waals surface area contributed by atoms with E-state index < -0.39 is 17.6 Å². The summed E-state index contributed by atoms with van der Waals surface area (Å²) in [5, 5.41) is 13.5. The van der Waals surface area contributed by atoms with Crippen LogP contribution in [0.1, 0.15) is 45.1 Å². The molecule has 6 nitrogen and oxygen atoms in total. The van der Waals surface area contributed by atoms with Crippen molar-refractivity contribution in [1.29, 1.82) is 0 Å². The number of hydrogen-bond acceptors (Lipinski definition) is 3. The van der Waals surface area contributed by atoms with Crippen LogP contribution in [0.15, 0.2) is 42.1 Å². The maximum absolute atomic E-state index is 12.7. The number of H-pyrrole nitrogens is 1. The van der Waals surface area contributed by atoms with E-state index in [1.807, 2.05) is 24.3 Å². The number of aromatic amines is 1. The van der Waals surface area contributed by atoms with E-state index in [1.165, 1.54) is 12.5 Å². The average molecular weight is 396 g/mol. The van der Waals surface area contributed by atoms with Crippen LogP contribution in [-0.2, 0) is 16.0 Å². The summed E-state index contributed by atoms with van der Waals surface area (Å²) < 4.78 is 5.78. The number of amides is 1. The van der Waals surface area contributed by atoms with Gasteiger partial charge in [0.2, 0.25) is 0 Å². The number of aliphatic carboxylic acids is 1. The van der Waals surface area contributed by atoms with E-state index in [9.17, 15) is 14.7 Å². The third-order valence-electron chi connectivity index (χ3n) is 6.39. The zero-order valence-corrected chi connectivity index (χ0v) is 16.9. The molecule has 0 spiro atoms. The Balaban J connectivity index is 1.49. The number of carbonyl (C=O) groups excluding carboxylic acids is 1. The van der Waals surface area contributed by atoms with Gasteiger partial charge in [0.05, 0.1) is 0 Å². The van der Waals surface area contributed by atoms with E-state index >= 15 is 0 Å². The topological polar surface area (TPSA) is 91.4 Å². The van der Waals surface area contributed by atoms with Gasteiger partial charge in [0.25, 0.3) is 0 Å². The molecule has 0 saturated heterocycles. The molecule has 0 radical (unpaired) electrons. The maximum atomic E-state index is 12.7. The predicted molar refractivity (Wildman–Crippen MR) is 111 cm³/mol. The van der Waals surface area contributed by atoms with Gasteiger partial charge in [-0.05, 0) is 44.2 Å². The van der Waals surface area contributed by atoms with Crippen molar-refractivity contribution in [3.63, 3.8) is 0 Å². The van der Waals surface area contributed by atoms with Gasteiger partial charge in [0.15, 0.2) is 0 Å². The van der Waals surface area contributed by atoms with Crippen molar-refractivity contribution in [2.75, 3.05) is 0 Å². The number of aromatic nitrogens is 1. The summed E-state index contributed by atoms with van der Waals surface area (Å²) in [7, 11) is 0. The Morgan fingerprint density at radius 2 is 2.14 bits per heavy atom. The number of nitrogens with one attached hydrogen (secondary N) is 2. The second kappa shape index (κ2) is 7.58. The molecule has 4 rings (SSSR count). The Kier molecular flexibility index (Phi) is 5.11. The lowest BCUT2D eigenvalue weighted by atomic mass is 9.73. The number of rotatable bonds is 5. The molecule has 4 unspecified atom stereocenters. The van der Waals surface area contributed by atoms with E-state index in [2.05, 4.69) is 23.3 Å². The van der Waals surface area contributed by atoms with E-state index in [0.717, 1.165) is 42.1 Å². The van der Waals surface area contributed by atoms with Gasteiger partial charge in [0, 0.05) is 35.4 Å². The molecule has 1 amide bonds. The van der Waals surface area contributed by atoms with Crippen LogP contribution in [0.25, 0.3) is 10.9 Å². The van der Waals surface area contributed by atoms with Gasteiger partial charge < -0.3 is 20.1 Å². The van der Waals surface area contributed by atoms with Gasteiger partial charge >= 0.3 is 12.1 Å². The van der Waals surface area contributed by atoms with Gasteiger partial charge in [-0.2, -0.15) is 0 Å². The molecular formula is C23H28N2O4. The van der Waals surface area contributed by atoms with Crippen molar-refractivity contribution < 1.29 is 19.4 Å². The first-order chi connectivity index (χ1) is 13.9. The lowest BCUT2D eigenvalue weighted by Crippen LogP contribution is -2.55. The normalized spacial score (nSPS) is 25.7. The summed E-state index contributed by atoms with van der Waals surface area (Å²) >= 11 is 0. The summed E-state index contributed by atoms with van der Waals surface area (Å²) in [4.78, 5) is 27.9. The number of carbonyl (C=O) groups is 2. The Bertz CT molecular complexity index is 963. The minimum atomic E-state index is -1.46. The molecule has 4 atom stereocenters. The second-order valence-corrected chi connectivity index (χ2v) is 8.71. The molecule has 1 aromatic carbocycles. The van der Waals surface area contributed by atoms with E-state index in [-0.39, 0.29) is 18.4 Å². The Morgan fingerprint density at radius 1 is 1.34 bits per heavy atom. The molecule has 1 saturated carbocycles. The number of alkyl carbamates (subject to hydrolysis) is 1. The Labute approximate surface area is 170 Å². The lowest BCUT2D eigenvalue weighted by molar-refractivity contribution is -0.144. The van der Waals surface area contributed by atoms with Crippen molar-refractivity contribution in [3.05, 3.63) is 47.7 Å². The molecule has 154 valence electrons. The van der Waals surface area contributed by atoms with Crippen LogP contribution < -0.4 is 5.32 Å². The van der Waals surface area contributed by atoms with Gasteiger partial charge in [-0.3, -0.25) is 0 Å². The van der Waals surface area contributed by atoms with Crippen molar-refractivity contribution in [2.45, 2.75) is 57.6 Å². The van der Waals surface area contributed by atoms with Crippen molar-refractivity contribution in [2.24, 2.45) is 11.8 Å². The van der Waals surface area contributed by atoms with Gasteiger partial charge in [-0.25, -0.2) is 9.59 Å². The highest BCUT2D eigenvalue weighted by Crippen LogP contribution is 2.40. The van der Waals surface area contributed by atoms with Gasteiger partial charge in [0.1, 0.15) is 11.6 Å². The smallest absolute Gasteiger partial charge is 0.408 e. The van der Waals surface area contributed by atoms with Crippen molar-refractivity contribution >= 4 is 23.0 Å². The van der Waals surface area contributed by atoms with Crippen molar-refractivity contribution in [3.8, 4) is 0 Å². The number of fused-ring (bicyclic) bond motifs is 3. The van der Waals surface area contributed by atoms with Crippen LogP contribution in [0, 0.1) is 11.8 Å². The predicted octanol–water partition coefficient (Wildman–Crippen LogP) is 4.41. The molecule has 1 fully saturated rings. The first-order valence-electron chi connectivity index (χ1n) is 10.3. The molecule has 0 aliphatic heterocycles. The summed E-state index contributed by atoms with van der Waals surface area (Å²) in [5.74, 6) is -0.607. The number of carboxylic acids is 1. The number of para-hydroxylation sites is 1. The summed E-state index contributed by atoms with van der Waals surface area (Å²) in [6.45, 7) is 3.60. The fourth-order valence-corrected chi connectivity index (χ4v) is 4.87. The lowest BCUT2D eigenvalue weighted by Gasteiger charge is -2.39. The molecule has 1 aromatic heterocycles. The van der Waals surface area contributed by atoms with Crippen LogP contribution in [-0.4, -0.2) is 33.8 Å². The first kappa shape index (κ1) is 19.6. The molecule has 2 aliphatic rings. The van der Waals surface area contributed by atoms with Crippen LogP contribution in [0.4, 0.5) is 4.79 Å². The fourth-order valence-electron chi connectivity index (χ4n) is 4.87. The summed E-state index contributed by atoms with van der Waals surface area (Å²) in [6, 6.07) is 7.72. The highest BCUT2D eigenvalue weighted by molar-refractivity contribution is 5.87. The zero-order chi connectivity index (χ0) is 20.6. The van der Waals surface area contributed by atoms with Crippen LogP contribution in [0.5, 0.6) is 0 Å². The number of benzene rings is 1. The van der Waals surface area contributed by atoms with E-state index in [0.29, 0.717) is 5.92 Å². The second-order valence-electron chi connectivity index (χ2n) is 8.71. The first-order valence-corrected chi connectivity index (χ1v) is 10.3. The number of ether oxygens (including phenoxy) is 1. The van der Waals surface area contributed by atoms with Crippen LogP contribution in [0.2, 0.25) is 0 Å². The minimum Gasteiger partial charge on any atom is -0.480 e. The number of carboxylic acid groups (broad SMARTS) is 1. The number of hydrogen-bond donors (Lipinski definition) is 3. The fraction of sp³-hybridized carbons (Fsp3) is 0.478. The summed E-state index contributed by atoms with van der Waals surface area (Å²) in [5.41, 5.74) is 1.78.